The smallest absolute Gasteiger partial charge is 0.274 e. The second-order valence-corrected chi connectivity index (χ2v) is 6.36. The second kappa shape index (κ2) is 8.97. The summed E-state index contributed by atoms with van der Waals surface area (Å²) in [7, 11) is 1.51. The van der Waals surface area contributed by atoms with Gasteiger partial charge in [0.1, 0.15) is 17.3 Å². The van der Waals surface area contributed by atoms with Crippen molar-refractivity contribution >= 4 is 17.5 Å². The molecule has 0 aliphatic heterocycles. The first-order valence-electron chi connectivity index (χ1n) is 8.91. The van der Waals surface area contributed by atoms with Gasteiger partial charge in [-0.3, -0.25) is 14.6 Å². The molecule has 0 aliphatic rings. The first-order chi connectivity index (χ1) is 14.0. The summed E-state index contributed by atoms with van der Waals surface area (Å²) in [5.74, 6) is -0.784. The number of nitrogens with one attached hydrogen (secondary N) is 2. The highest BCUT2D eigenvalue weighted by molar-refractivity contribution is 6.05. The van der Waals surface area contributed by atoms with Crippen LogP contribution in [0.2, 0.25) is 0 Å². The Balaban J connectivity index is 1.72. The SMILES string of the molecule is COc1ccc(C)cc1NC(=O)c1cc(C(=O)NCc2ccccc2F)ccn1. The molecule has 0 aliphatic carbocycles. The number of anilines is 1. The Morgan fingerprint density at radius 3 is 2.62 bits per heavy atom. The van der Waals surface area contributed by atoms with Crippen LogP contribution in [0, 0.1) is 12.7 Å². The predicted molar refractivity (Wildman–Crippen MR) is 107 cm³/mol. The van der Waals surface area contributed by atoms with Crippen molar-refractivity contribution in [3.05, 3.63) is 89.0 Å². The lowest BCUT2D eigenvalue weighted by Crippen LogP contribution is -2.24. The molecule has 0 atom stereocenters. The molecule has 0 spiro atoms. The Bertz CT molecular complexity index is 1050. The van der Waals surface area contributed by atoms with Crippen LogP contribution in [0.1, 0.15) is 32.0 Å². The number of amides is 2. The maximum Gasteiger partial charge on any atom is 0.274 e. The molecular weight excluding hydrogens is 373 g/mol. The molecule has 0 saturated carbocycles. The third-order valence-corrected chi connectivity index (χ3v) is 4.26. The zero-order chi connectivity index (χ0) is 20.8. The number of halogens is 1. The summed E-state index contributed by atoms with van der Waals surface area (Å²) in [6, 6.07) is 14.5. The lowest BCUT2D eigenvalue weighted by atomic mass is 10.1. The largest absolute Gasteiger partial charge is 0.495 e. The Kier molecular flexibility index (Phi) is 6.19. The third-order valence-electron chi connectivity index (χ3n) is 4.26. The van der Waals surface area contributed by atoms with E-state index in [4.69, 9.17) is 4.74 Å². The number of carbonyl (C=O) groups is 2. The molecule has 1 aromatic heterocycles. The van der Waals surface area contributed by atoms with Crippen molar-refractivity contribution in [2.45, 2.75) is 13.5 Å². The van der Waals surface area contributed by atoms with Gasteiger partial charge in [0.2, 0.25) is 0 Å². The first-order valence-corrected chi connectivity index (χ1v) is 8.91. The van der Waals surface area contributed by atoms with Gasteiger partial charge in [-0.05, 0) is 42.8 Å². The van der Waals surface area contributed by atoms with Gasteiger partial charge in [0.15, 0.2) is 0 Å². The monoisotopic (exact) mass is 393 g/mol. The molecule has 148 valence electrons. The highest BCUT2D eigenvalue weighted by Gasteiger charge is 2.14. The van der Waals surface area contributed by atoms with E-state index in [9.17, 15) is 14.0 Å². The summed E-state index contributed by atoms with van der Waals surface area (Å²) in [5.41, 5.74) is 2.16. The Labute approximate surface area is 167 Å². The molecule has 0 radical (unpaired) electrons. The van der Waals surface area contributed by atoms with Gasteiger partial charge in [-0.1, -0.05) is 24.3 Å². The number of pyridine rings is 1. The first kappa shape index (κ1) is 20.0. The van der Waals surface area contributed by atoms with Gasteiger partial charge >= 0.3 is 0 Å². The lowest BCUT2D eigenvalue weighted by molar-refractivity contribution is 0.0950. The minimum absolute atomic E-state index is 0.0375. The van der Waals surface area contributed by atoms with Crippen LogP contribution >= 0.6 is 0 Å². The van der Waals surface area contributed by atoms with Crippen molar-refractivity contribution in [3.8, 4) is 5.75 Å². The van der Waals surface area contributed by atoms with Crippen LogP contribution in [-0.4, -0.2) is 23.9 Å². The molecule has 2 amide bonds. The average Bonchev–Trinajstić information content (AvgIpc) is 2.73. The molecule has 2 aromatic carbocycles. The van der Waals surface area contributed by atoms with Crippen LogP contribution in [0.3, 0.4) is 0 Å². The molecule has 7 heteroatoms. The number of methoxy groups -OCH3 is 1. The molecule has 6 nitrogen and oxygen atoms in total. The van der Waals surface area contributed by atoms with Crippen LogP contribution in [0.5, 0.6) is 5.75 Å². The minimum atomic E-state index is -0.474. The quantitative estimate of drug-likeness (QED) is 0.669. The number of aromatic nitrogens is 1. The zero-order valence-corrected chi connectivity index (χ0v) is 16.0. The fourth-order valence-electron chi connectivity index (χ4n) is 2.72. The maximum absolute atomic E-state index is 13.7. The van der Waals surface area contributed by atoms with E-state index in [1.54, 1.807) is 30.3 Å². The van der Waals surface area contributed by atoms with Crippen LogP contribution < -0.4 is 15.4 Å². The molecule has 3 aromatic rings. The average molecular weight is 393 g/mol. The summed E-state index contributed by atoms with van der Waals surface area (Å²) in [6.45, 7) is 1.93. The van der Waals surface area contributed by atoms with E-state index >= 15 is 0 Å². The molecule has 29 heavy (non-hydrogen) atoms. The van der Waals surface area contributed by atoms with Gasteiger partial charge in [0.05, 0.1) is 12.8 Å². The van der Waals surface area contributed by atoms with E-state index in [1.807, 2.05) is 13.0 Å². The van der Waals surface area contributed by atoms with E-state index in [2.05, 4.69) is 15.6 Å². The maximum atomic E-state index is 13.7. The second-order valence-electron chi connectivity index (χ2n) is 6.36. The van der Waals surface area contributed by atoms with Gasteiger partial charge < -0.3 is 15.4 Å². The number of aryl methyl sites for hydroxylation is 1. The zero-order valence-electron chi connectivity index (χ0n) is 16.0. The number of carbonyl (C=O) groups excluding carboxylic acids is 2. The van der Waals surface area contributed by atoms with Crippen molar-refractivity contribution in [2.24, 2.45) is 0 Å². The summed E-state index contributed by atoms with van der Waals surface area (Å²) in [6.07, 6.45) is 1.38. The van der Waals surface area contributed by atoms with E-state index in [0.29, 0.717) is 17.0 Å². The number of hydrogen-bond donors (Lipinski definition) is 2. The van der Waals surface area contributed by atoms with E-state index in [-0.39, 0.29) is 17.8 Å². The summed E-state index contributed by atoms with van der Waals surface area (Å²) < 4.78 is 18.9. The predicted octanol–water partition coefficient (Wildman–Crippen LogP) is 3.72. The molecule has 0 saturated heterocycles. The van der Waals surface area contributed by atoms with Gasteiger partial charge in [-0.15, -0.1) is 0 Å². The van der Waals surface area contributed by atoms with Crippen LogP contribution in [-0.2, 0) is 6.54 Å². The standard InChI is InChI=1S/C22H20FN3O3/c1-14-7-8-20(29-2)18(11-14)26-22(28)19-12-15(9-10-24-19)21(27)25-13-16-5-3-4-6-17(16)23/h3-12H,13H2,1-2H3,(H,25,27)(H,26,28). The summed E-state index contributed by atoms with van der Waals surface area (Å²) in [5, 5.41) is 5.38. The van der Waals surface area contributed by atoms with E-state index in [1.165, 1.54) is 31.5 Å². The van der Waals surface area contributed by atoms with Gasteiger partial charge in [-0.25, -0.2) is 4.39 Å². The molecular formula is C22H20FN3O3. The molecule has 0 fully saturated rings. The summed E-state index contributed by atoms with van der Waals surface area (Å²) >= 11 is 0. The van der Waals surface area contributed by atoms with Crippen LogP contribution in [0.15, 0.2) is 60.8 Å². The number of ether oxygens (including phenoxy) is 1. The highest BCUT2D eigenvalue weighted by atomic mass is 19.1. The normalized spacial score (nSPS) is 10.3. The van der Waals surface area contributed by atoms with Crippen LogP contribution in [0.4, 0.5) is 10.1 Å². The Morgan fingerprint density at radius 1 is 1.07 bits per heavy atom. The molecule has 1 heterocycles. The fraction of sp³-hybridized carbons (Fsp3) is 0.136. The third kappa shape index (κ3) is 4.95. The topological polar surface area (TPSA) is 80.3 Å². The Morgan fingerprint density at radius 2 is 1.86 bits per heavy atom. The molecule has 3 rings (SSSR count). The highest BCUT2D eigenvalue weighted by Crippen LogP contribution is 2.25. The van der Waals surface area contributed by atoms with E-state index in [0.717, 1.165) is 5.56 Å². The summed E-state index contributed by atoms with van der Waals surface area (Å²) in [4.78, 5) is 29.0. The van der Waals surface area contributed by atoms with Crippen molar-refractivity contribution in [1.82, 2.24) is 10.3 Å². The fourth-order valence-corrected chi connectivity index (χ4v) is 2.72. The molecule has 0 unspecified atom stereocenters. The van der Waals surface area contributed by atoms with Crippen molar-refractivity contribution in [3.63, 3.8) is 0 Å². The number of hydrogen-bond acceptors (Lipinski definition) is 4. The molecule has 2 N–H and O–H groups in total. The van der Waals surface area contributed by atoms with Gasteiger partial charge in [0, 0.05) is 23.9 Å². The Hall–Kier alpha value is -3.74. The van der Waals surface area contributed by atoms with Gasteiger partial charge in [-0.2, -0.15) is 0 Å². The number of nitrogens with zero attached hydrogens (tertiary/aromatic N) is 1. The van der Waals surface area contributed by atoms with Crippen LogP contribution in [0.25, 0.3) is 0 Å². The van der Waals surface area contributed by atoms with Crippen molar-refractivity contribution < 1.29 is 18.7 Å². The lowest BCUT2D eigenvalue weighted by Gasteiger charge is -2.11. The minimum Gasteiger partial charge on any atom is -0.495 e. The molecule has 0 bridgehead atoms. The number of rotatable bonds is 6. The number of benzene rings is 2. The van der Waals surface area contributed by atoms with E-state index < -0.39 is 17.6 Å². The van der Waals surface area contributed by atoms with Crippen molar-refractivity contribution in [2.75, 3.05) is 12.4 Å². The van der Waals surface area contributed by atoms with Crippen molar-refractivity contribution in [1.29, 1.82) is 0 Å². The van der Waals surface area contributed by atoms with Gasteiger partial charge in [0.25, 0.3) is 11.8 Å².